The van der Waals surface area contributed by atoms with Crippen molar-refractivity contribution in [2.75, 3.05) is 20.6 Å². The Kier molecular flexibility index (Phi) is 6.18. The number of halogens is 3. The molecular formula is C10H17F3N2O4S. The normalized spacial score (nSPS) is 17.1. The van der Waals surface area contributed by atoms with Gasteiger partial charge in [0.25, 0.3) is 0 Å². The standard InChI is InChI=1S/C8H16N2O2S.C2HF3O2/c1-4-13(11,12)9-7-8(5-6-8)10(2)3;3-2(4,5)1(6)7/h4,9H,1,5-7H2,2-3H3;(H,6,7). The lowest BCUT2D eigenvalue weighted by Crippen LogP contribution is -2.41. The third-order valence-corrected chi connectivity index (χ3v) is 3.83. The van der Waals surface area contributed by atoms with Crippen molar-refractivity contribution >= 4 is 16.0 Å². The Morgan fingerprint density at radius 1 is 1.45 bits per heavy atom. The number of nitrogens with one attached hydrogen (secondary N) is 1. The number of rotatable bonds is 5. The van der Waals surface area contributed by atoms with Crippen molar-refractivity contribution in [2.45, 2.75) is 24.6 Å². The number of carbonyl (C=O) groups is 1. The van der Waals surface area contributed by atoms with E-state index in [-0.39, 0.29) is 5.54 Å². The fourth-order valence-corrected chi connectivity index (χ4v) is 1.81. The molecule has 0 atom stereocenters. The third kappa shape index (κ3) is 6.35. The molecule has 10 heteroatoms. The minimum absolute atomic E-state index is 0.0517. The monoisotopic (exact) mass is 318 g/mol. The fraction of sp³-hybridized carbons (Fsp3) is 0.700. The molecular weight excluding hydrogens is 301 g/mol. The van der Waals surface area contributed by atoms with Gasteiger partial charge < -0.3 is 10.0 Å². The lowest BCUT2D eigenvalue weighted by atomic mass is 10.2. The highest BCUT2D eigenvalue weighted by Gasteiger charge is 2.45. The Morgan fingerprint density at radius 2 is 1.85 bits per heavy atom. The fourth-order valence-electron chi connectivity index (χ4n) is 1.22. The molecule has 6 nitrogen and oxygen atoms in total. The van der Waals surface area contributed by atoms with E-state index in [0.717, 1.165) is 18.2 Å². The van der Waals surface area contributed by atoms with Crippen LogP contribution in [0.4, 0.5) is 13.2 Å². The van der Waals surface area contributed by atoms with Gasteiger partial charge in [0.15, 0.2) is 0 Å². The van der Waals surface area contributed by atoms with Crippen LogP contribution in [0.1, 0.15) is 12.8 Å². The van der Waals surface area contributed by atoms with E-state index in [4.69, 9.17) is 9.90 Å². The predicted molar refractivity (Wildman–Crippen MR) is 66.5 cm³/mol. The molecule has 0 unspecified atom stereocenters. The third-order valence-electron chi connectivity index (χ3n) is 2.84. The van der Waals surface area contributed by atoms with Crippen LogP contribution < -0.4 is 4.72 Å². The zero-order chi connectivity index (χ0) is 16.2. The summed E-state index contributed by atoms with van der Waals surface area (Å²) in [6.45, 7) is 3.71. The summed E-state index contributed by atoms with van der Waals surface area (Å²) in [5, 5.41) is 8.07. The van der Waals surface area contributed by atoms with Gasteiger partial charge in [-0.15, -0.1) is 0 Å². The summed E-state index contributed by atoms with van der Waals surface area (Å²) in [6.07, 6.45) is -2.97. The van der Waals surface area contributed by atoms with Crippen LogP contribution in [0.3, 0.4) is 0 Å². The Bertz CT molecular complexity index is 456. The van der Waals surface area contributed by atoms with Crippen molar-refractivity contribution in [2.24, 2.45) is 0 Å². The van der Waals surface area contributed by atoms with Crippen LogP contribution in [0.5, 0.6) is 0 Å². The Labute approximate surface area is 115 Å². The number of carboxylic acid groups (broad SMARTS) is 1. The van der Waals surface area contributed by atoms with Crippen LogP contribution in [0.25, 0.3) is 0 Å². The maximum Gasteiger partial charge on any atom is 0.490 e. The van der Waals surface area contributed by atoms with Gasteiger partial charge in [-0.25, -0.2) is 17.9 Å². The predicted octanol–water partition coefficient (Wildman–Crippen LogP) is 0.777. The van der Waals surface area contributed by atoms with Crippen LogP contribution in [0.2, 0.25) is 0 Å². The molecule has 2 N–H and O–H groups in total. The molecule has 0 amide bonds. The van der Waals surface area contributed by atoms with Gasteiger partial charge in [-0.1, -0.05) is 6.58 Å². The first kappa shape index (κ1) is 18.9. The van der Waals surface area contributed by atoms with Crippen molar-refractivity contribution in [1.29, 1.82) is 0 Å². The lowest BCUT2D eigenvalue weighted by molar-refractivity contribution is -0.192. The molecule has 0 radical (unpaired) electrons. The quantitative estimate of drug-likeness (QED) is 0.782. The van der Waals surface area contributed by atoms with Gasteiger partial charge in [-0.2, -0.15) is 13.2 Å². The average Bonchev–Trinajstić information content (AvgIpc) is 3.07. The van der Waals surface area contributed by atoms with Crippen molar-refractivity contribution in [3.8, 4) is 0 Å². The van der Waals surface area contributed by atoms with E-state index >= 15 is 0 Å². The van der Waals surface area contributed by atoms with E-state index in [1.807, 2.05) is 14.1 Å². The summed E-state index contributed by atoms with van der Waals surface area (Å²) >= 11 is 0. The Morgan fingerprint density at radius 3 is 2.05 bits per heavy atom. The number of nitrogens with zero attached hydrogens (tertiary/aromatic N) is 1. The molecule has 0 saturated heterocycles. The van der Waals surface area contributed by atoms with Crippen molar-refractivity contribution < 1.29 is 31.5 Å². The number of carboxylic acids is 1. The summed E-state index contributed by atoms with van der Waals surface area (Å²) < 4.78 is 56.3. The van der Waals surface area contributed by atoms with Gasteiger partial charge in [0.1, 0.15) is 0 Å². The zero-order valence-electron chi connectivity index (χ0n) is 11.1. The molecule has 1 rings (SSSR count). The van der Waals surface area contributed by atoms with Gasteiger partial charge in [0, 0.05) is 17.5 Å². The van der Waals surface area contributed by atoms with Crippen LogP contribution in [0.15, 0.2) is 12.0 Å². The second kappa shape index (κ2) is 6.55. The highest BCUT2D eigenvalue weighted by atomic mass is 32.2. The maximum absolute atomic E-state index is 11.0. The summed E-state index contributed by atoms with van der Waals surface area (Å²) in [5.41, 5.74) is 0.0517. The summed E-state index contributed by atoms with van der Waals surface area (Å²) in [6, 6.07) is 0. The Balaban J connectivity index is 0.000000441. The Hall–Kier alpha value is -1.13. The van der Waals surface area contributed by atoms with E-state index in [0.29, 0.717) is 6.54 Å². The minimum Gasteiger partial charge on any atom is -0.475 e. The number of sulfonamides is 1. The van der Waals surface area contributed by atoms with Gasteiger partial charge in [-0.05, 0) is 26.9 Å². The molecule has 1 aliphatic carbocycles. The van der Waals surface area contributed by atoms with Gasteiger partial charge >= 0.3 is 12.1 Å². The van der Waals surface area contributed by atoms with Crippen LogP contribution in [0, 0.1) is 0 Å². The van der Waals surface area contributed by atoms with Crippen molar-refractivity contribution in [3.63, 3.8) is 0 Å². The van der Waals surface area contributed by atoms with Crippen molar-refractivity contribution in [1.82, 2.24) is 9.62 Å². The average molecular weight is 318 g/mol. The van der Waals surface area contributed by atoms with E-state index < -0.39 is 22.2 Å². The molecule has 1 saturated carbocycles. The largest absolute Gasteiger partial charge is 0.490 e. The molecule has 0 aromatic carbocycles. The molecule has 0 aromatic heterocycles. The maximum atomic E-state index is 11.0. The smallest absolute Gasteiger partial charge is 0.475 e. The number of aliphatic carboxylic acids is 1. The lowest BCUT2D eigenvalue weighted by Gasteiger charge is -2.23. The van der Waals surface area contributed by atoms with E-state index in [1.165, 1.54) is 0 Å². The molecule has 0 spiro atoms. The first-order chi connectivity index (χ1) is 8.86. The first-order valence-electron chi connectivity index (χ1n) is 5.46. The molecule has 0 aromatic rings. The second-order valence-corrected chi connectivity index (χ2v) is 6.17. The molecule has 0 bridgehead atoms. The first-order valence-corrected chi connectivity index (χ1v) is 7.00. The van der Waals surface area contributed by atoms with Gasteiger partial charge in [0.05, 0.1) is 0 Å². The minimum atomic E-state index is -5.08. The SMILES string of the molecule is C=CS(=O)(=O)NCC1(N(C)C)CC1.O=C(O)C(F)(F)F. The highest BCUT2D eigenvalue weighted by Crippen LogP contribution is 2.39. The van der Waals surface area contributed by atoms with E-state index in [9.17, 15) is 21.6 Å². The second-order valence-electron chi connectivity index (χ2n) is 4.45. The molecule has 118 valence electrons. The molecule has 1 fully saturated rings. The van der Waals surface area contributed by atoms with Crippen LogP contribution in [-0.4, -0.2) is 56.7 Å². The topological polar surface area (TPSA) is 86.7 Å². The van der Waals surface area contributed by atoms with E-state index in [1.54, 1.807) is 0 Å². The number of hydrogen-bond donors (Lipinski definition) is 2. The van der Waals surface area contributed by atoms with Gasteiger partial charge in [0.2, 0.25) is 10.0 Å². The van der Waals surface area contributed by atoms with Crippen LogP contribution in [-0.2, 0) is 14.8 Å². The molecule has 1 aliphatic rings. The number of likely N-dealkylation sites (N-methyl/N-ethyl adjacent to an activating group) is 1. The highest BCUT2D eigenvalue weighted by molar-refractivity contribution is 7.92. The molecule has 20 heavy (non-hydrogen) atoms. The van der Waals surface area contributed by atoms with E-state index in [2.05, 4.69) is 16.2 Å². The zero-order valence-corrected chi connectivity index (χ0v) is 11.9. The molecule has 0 heterocycles. The van der Waals surface area contributed by atoms with Crippen molar-refractivity contribution in [3.05, 3.63) is 12.0 Å². The number of alkyl halides is 3. The summed E-state index contributed by atoms with van der Waals surface area (Å²) in [4.78, 5) is 11.0. The number of hydrogen-bond acceptors (Lipinski definition) is 4. The van der Waals surface area contributed by atoms with Gasteiger partial charge in [-0.3, -0.25) is 0 Å². The molecule has 0 aliphatic heterocycles. The summed E-state index contributed by atoms with van der Waals surface area (Å²) in [7, 11) is 0.676. The summed E-state index contributed by atoms with van der Waals surface area (Å²) in [5.74, 6) is -2.76. The van der Waals surface area contributed by atoms with Crippen LogP contribution >= 0.6 is 0 Å².